The van der Waals surface area contributed by atoms with Crippen molar-refractivity contribution in [1.29, 1.82) is 0 Å². The molecule has 1 aliphatic heterocycles. The molecule has 2 aromatic heterocycles. The van der Waals surface area contributed by atoms with E-state index in [1.165, 1.54) is 11.3 Å². The van der Waals surface area contributed by atoms with Gasteiger partial charge in [-0.25, -0.2) is 4.98 Å². The van der Waals surface area contributed by atoms with E-state index in [0.717, 1.165) is 24.2 Å². The molecule has 0 aromatic carbocycles. The summed E-state index contributed by atoms with van der Waals surface area (Å²) in [5.74, 6) is -0.613. The quantitative estimate of drug-likeness (QED) is 0.778. The number of hydrogen-bond donors (Lipinski definition) is 2. The summed E-state index contributed by atoms with van der Waals surface area (Å²) < 4.78 is 6.65. The van der Waals surface area contributed by atoms with Crippen LogP contribution in [0, 0.1) is 0 Å². The second-order valence-corrected chi connectivity index (χ2v) is 6.26. The van der Waals surface area contributed by atoms with Crippen molar-refractivity contribution in [3.05, 3.63) is 28.0 Å². The number of carbonyl (C=O) groups is 2. The molecule has 128 valence electrons. The molecule has 0 atom stereocenters. The molecule has 0 saturated carbocycles. The number of rotatable bonds is 5. The fourth-order valence-corrected chi connectivity index (χ4v) is 3.37. The van der Waals surface area contributed by atoms with Crippen LogP contribution in [0.3, 0.4) is 0 Å². The molecule has 1 amide bonds. The highest BCUT2D eigenvalue weighted by molar-refractivity contribution is 7.14. The molecule has 3 rings (SSSR count). The topological polar surface area (TPSA) is 98.1 Å². The molecule has 1 aliphatic rings. The van der Waals surface area contributed by atoms with Gasteiger partial charge in [0, 0.05) is 43.2 Å². The molecule has 2 aromatic rings. The molecular weight excluding hydrogens is 330 g/mol. The SMILES string of the molecule is CCOC(=O)Cc1csc(NC(=O)c2nn(C)c3c2CNCC3)n1. The normalized spacial score (nSPS) is 13.4. The van der Waals surface area contributed by atoms with Crippen LogP contribution in [0.4, 0.5) is 5.13 Å². The Morgan fingerprint density at radius 1 is 1.50 bits per heavy atom. The van der Waals surface area contributed by atoms with E-state index in [4.69, 9.17) is 4.74 Å². The van der Waals surface area contributed by atoms with Crippen molar-refractivity contribution in [2.45, 2.75) is 26.3 Å². The summed E-state index contributed by atoms with van der Waals surface area (Å²) in [5.41, 5.74) is 3.02. The fourth-order valence-electron chi connectivity index (χ4n) is 2.67. The predicted octanol–water partition coefficient (Wildman–Crippen LogP) is 0.880. The molecule has 9 heteroatoms. The average Bonchev–Trinajstić information content (AvgIpc) is 3.13. The molecule has 0 bridgehead atoms. The lowest BCUT2D eigenvalue weighted by Crippen LogP contribution is -2.26. The minimum atomic E-state index is -0.328. The highest BCUT2D eigenvalue weighted by Gasteiger charge is 2.24. The van der Waals surface area contributed by atoms with Crippen LogP contribution in [0.25, 0.3) is 0 Å². The second kappa shape index (κ2) is 7.10. The van der Waals surface area contributed by atoms with E-state index in [0.29, 0.717) is 29.7 Å². The summed E-state index contributed by atoms with van der Waals surface area (Å²) in [7, 11) is 1.85. The monoisotopic (exact) mass is 349 g/mol. The third-order valence-electron chi connectivity index (χ3n) is 3.73. The Balaban J connectivity index is 1.70. The summed E-state index contributed by atoms with van der Waals surface area (Å²) in [6.07, 6.45) is 0.955. The molecule has 0 fully saturated rings. The molecule has 8 nitrogen and oxygen atoms in total. The van der Waals surface area contributed by atoms with Gasteiger partial charge >= 0.3 is 5.97 Å². The van der Waals surface area contributed by atoms with Gasteiger partial charge in [-0.05, 0) is 6.92 Å². The van der Waals surface area contributed by atoms with Gasteiger partial charge in [0.1, 0.15) is 0 Å². The first-order chi connectivity index (χ1) is 11.6. The summed E-state index contributed by atoms with van der Waals surface area (Å²) in [5, 5.41) is 12.5. The van der Waals surface area contributed by atoms with E-state index in [9.17, 15) is 9.59 Å². The van der Waals surface area contributed by atoms with Crippen molar-refractivity contribution in [2.75, 3.05) is 18.5 Å². The van der Waals surface area contributed by atoms with Crippen molar-refractivity contribution in [2.24, 2.45) is 7.05 Å². The van der Waals surface area contributed by atoms with Crippen molar-refractivity contribution >= 4 is 28.3 Å². The first kappa shape index (κ1) is 16.6. The molecule has 0 aliphatic carbocycles. The molecule has 0 radical (unpaired) electrons. The van der Waals surface area contributed by atoms with E-state index in [-0.39, 0.29) is 18.3 Å². The van der Waals surface area contributed by atoms with Crippen molar-refractivity contribution in [3.63, 3.8) is 0 Å². The maximum atomic E-state index is 12.5. The van der Waals surface area contributed by atoms with E-state index < -0.39 is 0 Å². The molecule has 3 heterocycles. The van der Waals surface area contributed by atoms with Crippen molar-refractivity contribution < 1.29 is 14.3 Å². The fraction of sp³-hybridized carbons (Fsp3) is 0.467. The van der Waals surface area contributed by atoms with Crippen LogP contribution in [0.1, 0.15) is 34.4 Å². The highest BCUT2D eigenvalue weighted by Crippen LogP contribution is 2.21. The first-order valence-corrected chi connectivity index (χ1v) is 8.63. The maximum Gasteiger partial charge on any atom is 0.311 e. The average molecular weight is 349 g/mol. The maximum absolute atomic E-state index is 12.5. The lowest BCUT2D eigenvalue weighted by molar-refractivity contribution is -0.142. The van der Waals surface area contributed by atoms with Gasteiger partial charge in [-0.1, -0.05) is 0 Å². The van der Waals surface area contributed by atoms with Gasteiger partial charge in [0.15, 0.2) is 10.8 Å². The van der Waals surface area contributed by atoms with Gasteiger partial charge in [0.05, 0.1) is 18.7 Å². The smallest absolute Gasteiger partial charge is 0.311 e. The Bertz CT molecular complexity index is 767. The second-order valence-electron chi connectivity index (χ2n) is 5.40. The summed E-state index contributed by atoms with van der Waals surface area (Å²) >= 11 is 1.28. The number of amides is 1. The van der Waals surface area contributed by atoms with E-state index in [1.807, 2.05) is 7.05 Å². The number of anilines is 1. The number of thiazole rings is 1. The predicted molar refractivity (Wildman–Crippen MR) is 89.0 cm³/mol. The van der Waals surface area contributed by atoms with Gasteiger partial charge in [-0.15, -0.1) is 11.3 Å². The van der Waals surface area contributed by atoms with Gasteiger partial charge in [0.25, 0.3) is 5.91 Å². The molecule has 2 N–H and O–H groups in total. The van der Waals surface area contributed by atoms with Crippen LogP contribution in [0.5, 0.6) is 0 Å². The number of aromatic nitrogens is 3. The van der Waals surface area contributed by atoms with Crippen LogP contribution >= 0.6 is 11.3 Å². The number of esters is 1. The van der Waals surface area contributed by atoms with Gasteiger partial charge in [-0.3, -0.25) is 19.6 Å². The summed E-state index contributed by atoms with van der Waals surface area (Å²) in [6.45, 7) is 3.62. The number of ether oxygens (including phenoxy) is 1. The third kappa shape index (κ3) is 3.46. The van der Waals surface area contributed by atoms with E-state index in [1.54, 1.807) is 17.0 Å². The lowest BCUT2D eigenvalue weighted by Gasteiger charge is -2.13. The Morgan fingerprint density at radius 3 is 3.12 bits per heavy atom. The number of nitrogens with one attached hydrogen (secondary N) is 2. The number of carbonyl (C=O) groups excluding carboxylic acids is 2. The van der Waals surface area contributed by atoms with Crippen LogP contribution in [-0.4, -0.2) is 39.8 Å². The highest BCUT2D eigenvalue weighted by atomic mass is 32.1. The molecule has 0 spiro atoms. The summed E-state index contributed by atoms with van der Waals surface area (Å²) in [4.78, 5) is 28.2. The van der Waals surface area contributed by atoms with Crippen molar-refractivity contribution in [3.8, 4) is 0 Å². The zero-order valence-corrected chi connectivity index (χ0v) is 14.4. The van der Waals surface area contributed by atoms with E-state index >= 15 is 0 Å². The first-order valence-electron chi connectivity index (χ1n) is 7.75. The van der Waals surface area contributed by atoms with Gasteiger partial charge in [0.2, 0.25) is 0 Å². The zero-order valence-electron chi connectivity index (χ0n) is 13.6. The minimum absolute atomic E-state index is 0.100. The summed E-state index contributed by atoms with van der Waals surface area (Å²) in [6, 6.07) is 0. The Morgan fingerprint density at radius 2 is 2.33 bits per heavy atom. The number of fused-ring (bicyclic) bond motifs is 1. The minimum Gasteiger partial charge on any atom is -0.466 e. The van der Waals surface area contributed by atoms with Gasteiger partial charge < -0.3 is 10.1 Å². The third-order valence-corrected chi connectivity index (χ3v) is 4.54. The Kier molecular flexibility index (Phi) is 4.91. The lowest BCUT2D eigenvalue weighted by atomic mass is 10.1. The number of nitrogens with zero attached hydrogens (tertiary/aromatic N) is 3. The van der Waals surface area contributed by atoms with Crippen LogP contribution in [0.15, 0.2) is 5.38 Å². The zero-order chi connectivity index (χ0) is 17.1. The number of hydrogen-bond acceptors (Lipinski definition) is 7. The molecule has 24 heavy (non-hydrogen) atoms. The van der Waals surface area contributed by atoms with E-state index in [2.05, 4.69) is 20.7 Å². The Labute approximate surface area is 143 Å². The number of aryl methyl sites for hydroxylation is 1. The standard InChI is InChI=1S/C15H19N5O3S/c1-3-23-12(21)6-9-8-24-15(17-9)18-14(22)13-10-7-16-5-4-11(10)20(2)19-13/h8,16H,3-7H2,1-2H3,(H,17,18,22). The largest absolute Gasteiger partial charge is 0.466 e. The van der Waals surface area contributed by atoms with Crippen LogP contribution in [-0.2, 0) is 36.0 Å². The van der Waals surface area contributed by atoms with Gasteiger partial charge in [-0.2, -0.15) is 5.10 Å². The Hall–Kier alpha value is -2.26. The molecular formula is C15H19N5O3S. The molecule has 0 saturated heterocycles. The van der Waals surface area contributed by atoms with Crippen molar-refractivity contribution in [1.82, 2.24) is 20.1 Å². The van der Waals surface area contributed by atoms with Crippen LogP contribution in [0.2, 0.25) is 0 Å². The molecule has 0 unspecified atom stereocenters. The van der Waals surface area contributed by atoms with Crippen LogP contribution < -0.4 is 10.6 Å².